The van der Waals surface area contributed by atoms with Gasteiger partial charge in [0.25, 0.3) is 0 Å². The Balaban J connectivity index is 2.03. The summed E-state index contributed by atoms with van der Waals surface area (Å²) in [6.45, 7) is 1.17. The zero-order valence-electron chi connectivity index (χ0n) is 9.74. The molecule has 2 unspecified atom stereocenters. The molecule has 2 atom stereocenters. The fourth-order valence-electron chi connectivity index (χ4n) is 2.18. The van der Waals surface area contributed by atoms with E-state index in [-0.39, 0.29) is 17.0 Å². The monoisotopic (exact) mass is 270 g/mol. The van der Waals surface area contributed by atoms with E-state index in [0.29, 0.717) is 30.2 Å². The maximum Gasteiger partial charge on any atom is 0.202 e. The van der Waals surface area contributed by atoms with Gasteiger partial charge in [-0.2, -0.15) is 0 Å². The summed E-state index contributed by atoms with van der Waals surface area (Å²) in [7, 11) is 1.87. The molecule has 0 saturated carbocycles. The van der Waals surface area contributed by atoms with Gasteiger partial charge in [-0.05, 0) is 13.1 Å². The van der Waals surface area contributed by atoms with E-state index in [9.17, 15) is 4.39 Å². The maximum atomic E-state index is 13.3. The molecule has 2 aromatic rings. The van der Waals surface area contributed by atoms with E-state index in [4.69, 9.17) is 20.8 Å². The predicted molar refractivity (Wildman–Crippen MR) is 65.4 cm³/mol. The van der Waals surface area contributed by atoms with Crippen LogP contribution in [0, 0.1) is 5.82 Å². The minimum absolute atomic E-state index is 0.0456. The Hall–Kier alpha value is -1.17. The lowest BCUT2D eigenvalue weighted by atomic mass is 10.0. The van der Waals surface area contributed by atoms with Crippen molar-refractivity contribution < 1.29 is 13.5 Å². The zero-order chi connectivity index (χ0) is 12.7. The number of aromatic nitrogens is 1. The number of oxazole rings is 1. The third-order valence-corrected chi connectivity index (χ3v) is 3.51. The molecule has 4 nitrogen and oxygen atoms in total. The molecule has 0 spiro atoms. The third kappa shape index (κ3) is 1.88. The maximum absolute atomic E-state index is 13.3. The van der Waals surface area contributed by atoms with E-state index in [2.05, 4.69) is 10.3 Å². The lowest BCUT2D eigenvalue weighted by molar-refractivity contribution is 0.186. The van der Waals surface area contributed by atoms with Crippen molar-refractivity contribution in [1.82, 2.24) is 10.3 Å². The summed E-state index contributed by atoms with van der Waals surface area (Å²) in [5.74, 6) is 0.104. The second-order valence-corrected chi connectivity index (χ2v) is 4.73. The highest BCUT2D eigenvalue weighted by Gasteiger charge is 2.32. The van der Waals surface area contributed by atoms with Crippen LogP contribution in [-0.4, -0.2) is 31.3 Å². The standard InChI is InChI=1S/C12H12ClFN2O2/c1-15-10-5-17-4-6(10)12-16-9-2-7(13)8(14)3-11(9)18-12/h2-3,6,10,15H,4-5H2,1H3. The quantitative estimate of drug-likeness (QED) is 0.910. The second kappa shape index (κ2) is 4.50. The topological polar surface area (TPSA) is 47.3 Å². The molecule has 1 aliphatic heterocycles. The Bertz CT molecular complexity index is 548. The smallest absolute Gasteiger partial charge is 0.202 e. The van der Waals surface area contributed by atoms with Crippen molar-refractivity contribution in [1.29, 1.82) is 0 Å². The highest BCUT2D eigenvalue weighted by Crippen LogP contribution is 2.30. The molecule has 96 valence electrons. The van der Waals surface area contributed by atoms with Crippen LogP contribution in [0.5, 0.6) is 0 Å². The number of nitrogens with zero attached hydrogens (tertiary/aromatic N) is 1. The molecular formula is C12H12ClFN2O2. The number of rotatable bonds is 2. The molecule has 0 amide bonds. The molecule has 1 saturated heterocycles. The summed E-state index contributed by atoms with van der Waals surface area (Å²) in [6.07, 6.45) is 0. The number of nitrogens with one attached hydrogen (secondary N) is 1. The zero-order valence-corrected chi connectivity index (χ0v) is 10.5. The molecule has 1 fully saturated rings. The molecule has 0 radical (unpaired) electrons. The van der Waals surface area contributed by atoms with E-state index in [1.54, 1.807) is 0 Å². The summed E-state index contributed by atoms with van der Waals surface area (Å²) < 4.78 is 24.3. The van der Waals surface area contributed by atoms with E-state index < -0.39 is 5.82 Å². The first-order valence-electron chi connectivity index (χ1n) is 5.69. The molecule has 1 aromatic carbocycles. The van der Waals surface area contributed by atoms with Gasteiger partial charge in [0, 0.05) is 12.1 Å². The third-order valence-electron chi connectivity index (χ3n) is 3.22. The van der Waals surface area contributed by atoms with Crippen molar-refractivity contribution in [3.8, 4) is 0 Å². The largest absolute Gasteiger partial charge is 0.440 e. The molecule has 2 heterocycles. The van der Waals surface area contributed by atoms with Gasteiger partial charge in [0.15, 0.2) is 5.58 Å². The number of halogens is 2. The highest BCUT2D eigenvalue weighted by atomic mass is 35.5. The summed E-state index contributed by atoms with van der Waals surface area (Å²) in [4.78, 5) is 4.36. The molecule has 1 aliphatic rings. The van der Waals surface area contributed by atoms with Gasteiger partial charge in [-0.3, -0.25) is 0 Å². The molecular weight excluding hydrogens is 259 g/mol. The van der Waals surface area contributed by atoms with Crippen LogP contribution >= 0.6 is 11.6 Å². The van der Waals surface area contributed by atoms with Gasteiger partial charge in [-0.1, -0.05) is 11.6 Å². The first-order valence-corrected chi connectivity index (χ1v) is 6.07. The van der Waals surface area contributed by atoms with Gasteiger partial charge >= 0.3 is 0 Å². The molecule has 6 heteroatoms. The Labute approximate surface area is 108 Å². The van der Waals surface area contributed by atoms with Gasteiger partial charge < -0.3 is 14.5 Å². The predicted octanol–water partition coefficient (Wildman–Crippen LogP) is 2.32. The van der Waals surface area contributed by atoms with Gasteiger partial charge in [0.1, 0.15) is 11.3 Å². The minimum atomic E-state index is -0.500. The highest BCUT2D eigenvalue weighted by molar-refractivity contribution is 6.31. The van der Waals surface area contributed by atoms with Crippen molar-refractivity contribution >= 4 is 22.7 Å². The molecule has 18 heavy (non-hydrogen) atoms. The fourth-order valence-corrected chi connectivity index (χ4v) is 2.34. The summed E-state index contributed by atoms with van der Waals surface area (Å²) in [6, 6.07) is 2.90. The Morgan fingerprint density at radius 3 is 3.06 bits per heavy atom. The van der Waals surface area contributed by atoms with Crippen LogP contribution in [0.1, 0.15) is 11.8 Å². The number of ether oxygens (including phenoxy) is 1. The molecule has 3 rings (SSSR count). The van der Waals surface area contributed by atoms with Crippen molar-refractivity contribution in [2.45, 2.75) is 12.0 Å². The first kappa shape index (κ1) is 11.9. The van der Waals surface area contributed by atoms with Gasteiger partial charge in [0.05, 0.1) is 24.2 Å². The van der Waals surface area contributed by atoms with Gasteiger partial charge in [0.2, 0.25) is 5.89 Å². The lowest BCUT2D eigenvalue weighted by Gasteiger charge is -2.12. The molecule has 1 N–H and O–H groups in total. The summed E-state index contributed by atoms with van der Waals surface area (Å²) in [5.41, 5.74) is 0.979. The molecule has 0 aliphatic carbocycles. The van der Waals surface area contributed by atoms with Crippen LogP contribution in [-0.2, 0) is 4.74 Å². The number of benzene rings is 1. The van der Waals surface area contributed by atoms with Crippen molar-refractivity contribution in [3.05, 3.63) is 28.9 Å². The van der Waals surface area contributed by atoms with Crippen molar-refractivity contribution in [2.24, 2.45) is 0 Å². The number of hydrogen-bond acceptors (Lipinski definition) is 4. The normalized spacial score (nSPS) is 23.9. The van der Waals surface area contributed by atoms with Crippen LogP contribution < -0.4 is 5.32 Å². The van der Waals surface area contributed by atoms with Crippen LogP contribution in [0.2, 0.25) is 5.02 Å². The Kier molecular flexibility index (Phi) is 2.97. The lowest BCUT2D eigenvalue weighted by Crippen LogP contribution is -2.31. The van der Waals surface area contributed by atoms with E-state index in [1.807, 2.05) is 7.05 Å². The van der Waals surface area contributed by atoms with Crippen molar-refractivity contribution in [3.63, 3.8) is 0 Å². The molecule has 1 aromatic heterocycles. The average molecular weight is 271 g/mol. The number of fused-ring (bicyclic) bond motifs is 1. The van der Waals surface area contributed by atoms with Crippen LogP contribution in [0.4, 0.5) is 4.39 Å². The van der Waals surface area contributed by atoms with Crippen LogP contribution in [0.3, 0.4) is 0 Å². The minimum Gasteiger partial charge on any atom is -0.440 e. The second-order valence-electron chi connectivity index (χ2n) is 4.33. The molecule has 0 bridgehead atoms. The summed E-state index contributed by atoms with van der Waals surface area (Å²) in [5, 5.41) is 3.21. The van der Waals surface area contributed by atoms with E-state index in [1.165, 1.54) is 12.1 Å². The number of likely N-dealkylation sites (N-methyl/N-ethyl adjacent to an activating group) is 1. The number of hydrogen-bond donors (Lipinski definition) is 1. The van der Waals surface area contributed by atoms with Crippen molar-refractivity contribution in [2.75, 3.05) is 20.3 Å². The average Bonchev–Trinajstić information content (AvgIpc) is 2.95. The van der Waals surface area contributed by atoms with Crippen LogP contribution in [0.15, 0.2) is 16.5 Å². The van der Waals surface area contributed by atoms with E-state index in [0.717, 1.165) is 0 Å². The summed E-state index contributed by atoms with van der Waals surface area (Å²) >= 11 is 5.72. The van der Waals surface area contributed by atoms with Gasteiger partial charge in [-0.15, -0.1) is 0 Å². The first-order chi connectivity index (χ1) is 8.69. The van der Waals surface area contributed by atoms with Crippen LogP contribution in [0.25, 0.3) is 11.1 Å². The Morgan fingerprint density at radius 1 is 1.44 bits per heavy atom. The fraction of sp³-hybridized carbons (Fsp3) is 0.417. The van der Waals surface area contributed by atoms with E-state index >= 15 is 0 Å². The SMILES string of the molecule is CNC1COCC1c1nc2cc(Cl)c(F)cc2o1. The van der Waals surface area contributed by atoms with Gasteiger partial charge in [-0.25, -0.2) is 9.37 Å². The Morgan fingerprint density at radius 2 is 2.28 bits per heavy atom.